The number of aliphatic imine (C=N–C) groups is 1. The highest BCUT2D eigenvalue weighted by molar-refractivity contribution is 5.94. The summed E-state index contributed by atoms with van der Waals surface area (Å²) in [5, 5.41) is 9.15. The van der Waals surface area contributed by atoms with Crippen molar-refractivity contribution in [3.05, 3.63) is 29.8 Å². The molecule has 0 saturated heterocycles. The number of nitrogens with one attached hydrogen (secondary N) is 3. The number of anilines is 1. The van der Waals surface area contributed by atoms with Gasteiger partial charge in [-0.15, -0.1) is 0 Å². The van der Waals surface area contributed by atoms with Crippen molar-refractivity contribution in [1.29, 1.82) is 0 Å². The fourth-order valence-electron chi connectivity index (χ4n) is 3.07. The normalized spacial score (nSPS) is 17.5. The predicted octanol–water partition coefficient (Wildman–Crippen LogP) is 2.16. The molecule has 1 aromatic rings. The number of nitrogens with zero attached hydrogens (tertiary/aromatic N) is 2. The lowest BCUT2D eigenvalue weighted by molar-refractivity contribution is -0.143. The summed E-state index contributed by atoms with van der Waals surface area (Å²) in [6.07, 6.45) is -3.23. The van der Waals surface area contributed by atoms with Crippen LogP contribution in [-0.2, 0) is 4.79 Å². The fraction of sp³-hybridized carbons (Fsp3) is 0.556. The van der Waals surface area contributed by atoms with Gasteiger partial charge in [0.2, 0.25) is 5.91 Å². The number of benzene rings is 1. The van der Waals surface area contributed by atoms with Crippen LogP contribution in [0.5, 0.6) is 0 Å². The van der Waals surface area contributed by atoms with Gasteiger partial charge in [-0.3, -0.25) is 14.7 Å². The first kappa shape index (κ1) is 21.0. The Hall–Kier alpha value is -2.29. The molecular formula is C18H26F3N5O. The van der Waals surface area contributed by atoms with Crippen LogP contribution in [0.2, 0.25) is 0 Å². The number of carbonyl (C=O) groups is 1. The molecule has 0 radical (unpaired) electrons. The molecule has 1 aliphatic rings. The highest BCUT2D eigenvalue weighted by atomic mass is 19.4. The Balaban J connectivity index is 1.76. The van der Waals surface area contributed by atoms with E-state index in [4.69, 9.17) is 0 Å². The number of hydrogen-bond donors (Lipinski definition) is 3. The maximum atomic E-state index is 12.3. The van der Waals surface area contributed by atoms with Gasteiger partial charge in [0.25, 0.3) is 0 Å². The van der Waals surface area contributed by atoms with Crippen LogP contribution in [0.4, 0.5) is 18.9 Å². The lowest BCUT2D eigenvalue weighted by atomic mass is 9.90. The number of alkyl halides is 3. The van der Waals surface area contributed by atoms with E-state index in [-0.39, 0.29) is 11.8 Å². The van der Waals surface area contributed by atoms with Gasteiger partial charge in [0.15, 0.2) is 5.96 Å². The number of hydrogen-bond acceptors (Lipinski definition) is 3. The van der Waals surface area contributed by atoms with E-state index in [9.17, 15) is 18.0 Å². The van der Waals surface area contributed by atoms with Crippen molar-refractivity contribution in [2.24, 2.45) is 4.99 Å². The van der Waals surface area contributed by atoms with Gasteiger partial charge in [0, 0.05) is 38.2 Å². The largest absolute Gasteiger partial charge is 0.401 e. The minimum Gasteiger partial charge on any atom is -0.356 e. The molecule has 0 bridgehead atoms. The van der Waals surface area contributed by atoms with Crippen LogP contribution in [0.3, 0.4) is 0 Å². The lowest BCUT2D eigenvalue weighted by Crippen LogP contribution is -2.41. The molecule has 3 N–H and O–H groups in total. The van der Waals surface area contributed by atoms with E-state index in [1.54, 1.807) is 7.05 Å². The number of carbonyl (C=O) groups excluding carboxylic acids is 1. The molecule has 0 spiro atoms. The number of para-hydroxylation sites is 1. The van der Waals surface area contributed by atoms with E-state index >= 15 is 0 Å². The highest BCUT2D eigenvalue weighted by Crippen LogP contribution is 2.31. The molecule has 1 atom stereocenters. The van der Waals surface area contributed by atoms with Crippen molar-refractivity contribution >= 4 is 17.6 Å². The van der Waals surface area contributed by atoms with Crippen molar-refractivity contribution < 1.29 is 18.0 Å². The Bertz CT molecular complexity index is 663. The van der Waals surface area contributed by atoms with Gasteiger partial charge in [-0.2, -0.15) is 13.2 Å². The summed E-state index contributed by atoms with van der Waals surface area (Å²) in [4.78, 5) is 17.2. The summed E-state index contributed by atoms with van der Waals surface area (Å²) in [5.41, 5.74) is 1.91. The number of guanidine groups is 1. The predicted molar refractivity (Wildman–Crippen MR) is 100.0 cm³/mol. The first-order valence-corrected chi connectivity index (χ1v) is 8.87. The Morgan fingerprint density at radius 3 is 2.78 bits per heavy atom. The molecule has 0 fully saturated rings. The second-order valence-corrected chi connectivity index (χ2v) is 6.62. The van der Waals surface area contributed by atoms with Gasteiger partial charge < -0.3 is 16.0 Å². The molecule has 27 heavy (non-hydrogen) atoms. The van der Waals surface area contributed by atoms with Crippen molar-refractivity contribution in [2.45, 2.75) is 24.9 Å². The SMILES string of the molecule is CN=C(NCCCN(C)CC(F)(F)F)NCC1CC(=O)Nc2ccccc21. The highest BCUT2D eigenvalue weighted by Gasteiger charge is 2.28. The van der Waals surface area contributed by atoms with Gasteiger partial charge >= 0.3 is 6.18 Å². The second kappa shape index (κ2) is 9.59. The third-order valence-electron chi connectivity index (χ3n) is 4.30. The minimum atomic E-state index is -4.18. The molecule has 0 saturated carbocycles. The second-order valence-electron chi connectivity index (χ2n) is 6.62. The van der Waals surface area contributed by atoms with E-state index in [2.05, 4.69) is 20.9 Å². The van der Waals surface area contributed by atoms with Crippen LogP contribution in [0, 0.1) is 0 Å². The lowest BCUT2D eigenvalue weighted by Gasteiger charge is -2.26. The summed E-state index contributed by atoms with van der Waals surface area (Å²) >= 11 is 0. The Kier molecular flexibility index (Phi) is 7.46. The number of halogens is 3. The third-order valence-corrected chi connectivity index (χ3v) is 4.30. The average molecular weight is 385 g/mol. The summed E-state index contributed by atoms with van der Waals surface area (Å²) < 4.78 is 36.9. The van der Waals surface area contributed by atoms with E-state index in [0.29, 0.717) is 38.4 Å². The Morgan fingerprint density at radius 2 is 2.07 bits per heavy atom. The Labute approximate surface area is 157 Å². The molecule has 2 rings (SSSR count). The van der Waals surface area contributed by atoms with E-state index in [1.165, 1.54) is 11.9 Å². The zero-order chi connectivity index (χ0) is 19.9. The van der Waals surface area contributed by atoms with Crippen molar-refractivity contribution in [1.82, 2.24) is 15.5 Å². The molecule has 1 aromatic carbocycles. The zero-order valence-corrected chi connectivity index (χ0v) is 15.6. The van der Waals surface area contributed by atoms with Crippen LogP contribution in [0.1, 0.15) is 24.3 Å². The fourth-order valence-corrected chi connectivity index (χ4v) is 3.07. The van der Waals surface area contributed by atoms with Gasteiger partial charge in [-0.25, -0.2) is 0 Å². The molecule has 1 heterocycles. The van der Waals surface area contributed by atoms with Crippen LogP contribution in [0.15, 0.2) is 29.3 Å². The van der Waals surface area contributed by atoms with Crippen LogP contribution < -0.4 is 16.0 Å². The molecule has 0 aliphatic carbocycles. The number of amides is 1. The van der Waals surface area contributed by atoms with Crippen molar-refractivity contribution in [3.8, 4) is 0 Å². The average Bonchev–Trinajstić information content (AvgIpc) is 2.59. The van der Waals surface area contributed by atoms with Gasteiger partial charge in [0.05, 0.1) is 6.54 Å². The molecule has 1 amide bonds. The maximum Gasteiger partial charge on any atom is 0.401 e. The van der Waals surface area contributed by atoms with Gasteiger partial charge in [0.1, 0.15) is 0 Å². The molecular weight excluding hydrogens is 359 g/mol. The minimum absolute atomic E-state index is 0.0175. The van der Waals surface area contributed by atoms with Crippen LogP contribution in [-0.4, -0.2) is 63.2 Å². The molecule has 9 heteroatoms. The molecule has 0 aromatic heterocycles. The molecule has 6 nitrogen and oxygen atoms in total. The quantitative estimate of drug-likeness (QED) is 0.382. The summed E-state index contributed by atoms with van der Waals surface area (Å²) in [7, 11) is 3.08. The Morgan fingerprint density at radius 1 is 1.33 bits per heavy atom. The molecule has 150 valence electrons. The van der Waals surface area contributed by atoms with Crippen molar-refractivity contribution in [2.75, 3.05) is 45.6 Å². The van der Waals surface area contributed by atoms with E-state index in [1.807, 2.05) is 24.3 Å². The maximum absolute atomic E-state index is 12.3. The van der Waals surface area contributed by atoms with E-state index < -0.39 is 12.7 Å². The molecule has 1 unspecified atom stereocenters. The number of fused-ring (bicyclic) bond motifs is 1. The summed E-state index contributed by atoms with van der Waals surface area (Å²) in [6.45, 7) is 0.463. The zero-order valence-electron chi connectivity index (χ0n) is 15.6. The van der Waals surface area contributed by atoms with Crippen LogP contribution in [0.25, 0.3) is 0 Å². The first-order valence-electron chi connectivity index (χ1n) is 8.87. The topological polar surface area (TPSA) is 68.8 Å². The van der Waals surface area contributed by atoms with Crippen molar-refractivity contribution in [3.63, 3.8) is 0 Å². The summed E-state index contributed by atoms with van der Waals surface area (Å²) in [5.74, 6) is 0.583. The summed E-state index contributed by atoms with van der Waals surface area (Å²) in [6, 6.07) is 7.69. The van der Waals surface area contributed by atoms with E-state index in [0.717, 1.165) is 11.3 Å². The van der Waals surface area contributed by atoms with Gasteiger partial charge in [-0.1, -0.05) is 18.2 Å². The number of rotatable bonds is 7. The standard InChI is InChI=1S/C18H26F3N5O/c1-22-17(23-8-5-9-26(2)12-18(19,20)21)24-11-13-10-16(27)25-15-7-4-3-6-14(13)15/h3-4,6-7,13H,5,8-12H2,1-2H3,(H,25,27)(H2,22,23,24). The monoisotopic (exact) mass is 385 g/mol. The van der Waals surface area contributed by atoms with Crippen LogP contribution >= 0.6 is 0 Å². The first-order chi connectivity index (χ1) is 12.8. The smallest absolute Gasteiger partial charge is 0.356 e. The third kappa shape index (κ3) is 7.09. The molecule has 1 aliphatic heterocycles. The van der Waals surface area contributed by atoms with Gasteiger partial charge in [-0.05, 0) is 31.6 Å².